The molecule has 2 rings (SSSR count). The maximum atomic E-state index is 12.6. The number of ether oxygens (including phenoxy) is 1. The van der Waals surface area contributed by atoms with E-state index in [2.05, 4.69) is 5.32 Å². The number of alkyl halides is 3. The number of halogens is 3. The minimum atomic E-state index is -5.06. The van der Waals surface area contributed by atoms with Crippen LogP contribution >= 0.6 is 0 Å². The Morgan fingerprint density at radius 2 is 2.08 bits per heavy atom. The third-order valence-corrected chi connectivity index (χ3v) is 3.71. The first-order valence-corrected chi connectivity index (χ1v) is 7.16. The number of non-ortho nitro benzene ring substituents is 1. The molecule has 1 unspecified atom stereocenters. The van der Waals surface area contributed by atoms with Crippen LogP contribution in [0.4, 0.5) is 24.5 Å². The number of rotatable bonds is 4. The molecule has 136 valence electrons. The van der Waals surface area contributed by atoms with Crippen molar-refractivity contribution >= 4 is 23.2 Å². The van der Waals surface area contributed by atoms with Crippen LogP contribution in [-0.2, 0) is 9.59 Å². The molecule has 0 aromatic heterocycles. The maximum Gasteiger partial charge on any atom is 0.471 e. The summed E-state index contributed by atoms with van der Waals surface area (Å²) in [6.07, 6.45) is -4.71. The van der Waals surface area contributed by atoms with Crippen molar-refractivity contribution in [3.05, 3.63) is 28.3 Å². The van der Waals surface area contributed by atoms with E-state index in [9.17, 15) is 32.9 Å². The quantitative estimate of drug-likeness (QED) is 0.654. The Morgan fingerprint density at radius 1 is 1.40 bits per heavy atom. The molecule has 1 aromatic rings. The van der Waals surface area contributed by atoms with Gasteiger partial charge in [0, 0.05) is 12.6 Å². The summed E-state index contributed by atoms with van der Waals surface area (Å²) in [4.78, 5) is 34.2. The van der Waals surface area contributed by atoms with Crippen LogP contribution in [0.5, 0.6) is 5.75 Å². The second-order valence-electron chi connectivity index (χ2n) is 5.29. The van der Waals surface area contributed by atoms with E-state index < -0.39 is 29.0 Å². The van der Waals surface area contributed by atoms with Crippen LogP contribution < -0.4 is 10.1 Å². The number of hydrogen-bond donors (Lipinski definition) is 1. The Labute approximate surface area is 139 Å². The smallest absolute Gasteiger partial charge is 0.471 e. The fraction of sp³-hybridized carbons (Fsp3) is 0.429. The Bertz CT molecular complexity index is 707. The summed E-state index contributed by atoms with van der Waals surface area (Å²) >= 11 is 0. The van der Waals surface area contributed by atoms with Gasteiger partial charge in [0.25, 0.3) is 5.69 Å². The number of anilines is 1. The van der Waals surface area contributed by atoms with E-state index in [0.29, 0.717) is 4.90 Å². The topological polar surface area (TPSA) is 102 Å². The largest absolute Gasteiger partial charge is 0.494 e. The van der Waals surface area contributed by atoms with E-state index in [0.717, 1.165) is 12.1 Å². The lowest BCUT2D eigenvalue weighted by Gasteiger charge is -2.25. The first-order chi connectivity index (χ1) is 11.6. The summed E-state index contributed by atoms with van der Waals surface area (Å²) in [5.41, 5.74) is -0.214. The molecule has 8 nitrogen and oxygen atoms in total. The molecule has 1 N–H and O–H groups in total. The predicted molar refractivity (Wildman–Crippen MR) is 79.1 cm³/mol. The van der Waals surface area contributed by atoms with Crippen molar-refractivity contribution in [3.8, 4) is 5.75 Å². The summed E-state index contributed by atoms with van der Waals surface area (Å²) in [5.74, 6) is -2.91. The first-order valence-electron chi connectivity index (χ1n) is 7.16. The highest BCUT2D eigenvalue weighted by Crippen LogP contribution is 2.31. The second-order valence-corrected chi connectivity index (χ2v) is 5.29. The molecule has 1 aliphatic heterocycles. The van der Waals surface area contributed by atoms with Gasteiger partial charge in [0.2, 0.25) is 5.91 Å². The molecule has 0 spiro atoms. The lowest BCUT2D eigenvalue weighted by Crippen LogP contribution is -2.48. The van der Waals surface area contributed by atoms with Crippen molar-refractivity contribution in [2.24, 2.45) is 0 Å². The number of carbonyl (C=O) groups excluding carboxylic acids is 2. The summed E-state index contributed by atoms with van der Waals surface area (Å²) in [7, 11) is 1.23. The zero-order valence-corrected chi connectivity index (χ0v) is 13.0. The normalized spacial score (nSPS) is 17.3. The summed E-state index contributed by atoms with van der Waals surface area (Å²) in [6, 6.07) is 2.13. The number of likely N-dealkylation sites (tertiary alicyclic amines) is 1. The SMILES string of the molecule is COc1cc([N+](=O)[O-])ccc1NC(=O)C1CCCN1C(=O)C(F)(F)F. The van der Waals surface area contributed by atoms with Crippen molar-refractivity contribution < 1.29 is 32.4 Å². The highest BCUT2D eigenvalue weighted by atomic mass is 19.4. The number of amides is 2. The van der Waals surface area contributed by atoms with E-state index in [-0.39, 0.29) is 36.5 Å². The Hall–Kier alpha value is -2.85. The van der Waals surface area contributed by atoms with E-state index in [1.54, 1.807) is 0 Å². The van der Waals surface area contributed by atoms with E-state index in [4.69, 9.17) is 4.74 Å². The lowest BCUT2D eigenvalue weighted by atomic mass is 10.2. The molecule has 0 radical (unpaired) electrons. The molecule has 1 heterocycles. The average Bonchev–Trinajstić information content (AvgIpc) is 3.02. The molecule has 0 saturated carbocycles. The van der Waals surface area contributed by atoms with Crippen LogP contribution in [0.2, 0.25) is 0 Å². The molecule has 1 aromatic carbocycles. The van der Waals surface area contributed by atoms with Crippen LogP contribution in [0, 0.1) is 10.1 Å². The number of methoxy groups -OCH3 is 1. The zero-order chi connectivity index (χ0) is 18.8. The molecule has 1 fully saturated rings. The van der Waals surface area contributed by atoms with Gasteiger partial charge < -0.3 is 15.0 Å². The minimum Gasteiger partial charge on any atom is -0.494 e. The summed E-state index contributed by atoms with van der Waals surface area (Å²) in [6.45, 7) is -0.173. The fourth-order valence-electron chi connectivity index (χ4n) is 2.56. The van der Waals surface area contributed by atoms with E-state index >= 15 is 0 Å². The van der Waals surface area contributed by atoms with Crippen molar-refractivity contribution in [2.75, 3.05) is 19.0 Å². The van der Waals surface area contributed by atoms with Crippen LogP contribution in [0.15, 0.2) is 18.2 Å². The van der Waals surface area contributed by atoms with Crippen LogP contribution in [-0.4, -0.2) is 47.5 Å². The van der Waals surface area contributed by atoms with Crippen molar-refractivity contribution in [2.45, 2.75) is 25.1 Å². The molecule has 1 saturated heterocycles. The Balaban J connectivity index is 2.19. The molecule has 11 heteroatoms. The fourth-order valence-corrected chi connectivity index (χ4v) is 2.56. The number of nitro groups is 1. The monoisotopic (exact) mass is 361 g/mol. The standard InChI is InChI=1S/C14H14F3N3O5/c1-25-11-7-8(20(23)24)4-5-9(11)18-12(21)10-3-2-6-19(10)13(22)14(15,16)17/h4-5,7,10H,2-3,6H2,1H3,(H,18,21). The molecular formula is C14H14F3N3O5. The highest BCUT2D eigenvalue weighted by Gasteiger charge is 2.47. The number of benzene rings is 1. The number of hydrogen-bond acceptors (Lipinski definition) is 5. The number of nitrogens with one attached hydrogen (secondary N) is 1. The van der Waals surface area contributed by atoms with Gasteiger partial charge in [0.15, 0.2) is 0 Å². The molecule has 1 aliphatic rings. The summed E-state index contributed by atoms with van der Waals surface area (Å²) in [5, 5.41) is 13.1. The number of carbonyl (C=O) groups is 2. The van der Waals surface area contributed by atoms with Gasteiger partial charge in [-0.2, -0.15) is 13.2 Å². The van der Waals surface area contributed by atoms with Crippen LogP contribution in [0.25, 0.3) is 0 Å². The first kappa shape index (κ1) is 18.5. The van der Waals surface area contributed by atoms with Crippen molar-refractivity contribution in [1.29, 1.82) is 0 Å². The predicted octanol–water partition coefficient (Wildman–Crippen LogP) is 2.10. The Morgan fingerprint density at radius 3 is 2.64 bits per heavy atom. The van der Waals surface area contributed by atoms with Gasteiger partial charge in [0.1, 0.15) is 11.8 Å². The van der Waals surface area contributed by atoms with Gasteiger partial charge in [-0.25, -0.2) is 0 Å². The molecule has 1 atom stereocenters. The maximum absolute atomic E-state index is 12.6. The van der Waals surface area contributed by atoms with Crippen molar-refractivity contribution in [3.63, 3.8) is 0 Å². The van der Waals surface area contributed by atoms with Gasteiger partial charge in [-0.05, 0) is 18.9 Å². The summed E-state index contributed by atoms with van der Waals surface area (Å²) < 4.78 is 42.7. The molecule has 0 bridgehead atoms. The zero-order valence-electron chi connectivity index (χ0n) is 13.0. The molecule has 2 amide bonds. The van der Waals surface area contributed by atoms with Gasteiger partial charge >= 0.3 is 12.1 Å². The Kier molecular flexibility index (Phi) is 5.14. The highest BCUT2D eigenvalue weighted by molar-refractivity contribution is 5.99. The van der Waals surface area contributed by atoms with Crippen LogP contribution in [0.3, 0.4) is 0 Å². The van der Waals surface area contributed by atoms with Gasteiger partial charge in [-0.15, -0.1) is 0 Å². The lowest BCUT2D eigenvalue weighted by molar-refractivity contribution is -0.384. The second kappa shape index (κ2) is 6.95. The van der Waals surface area contributed by atoms with Gasteiger partial charge in [-0.3, -0.25) is 19.7 Å². The van der Waals surface area contributed by atoms with E-state index in [1.165, 1.54) is 13.2 Å². The van der Waals surface area contributed by atoms with E-state index in [1.807, 2.05) is 0 Å². The molecular weight excluding hydrogens is 347 g/mol. The van der Waals surface area contributed by atoms with Crippen molar-refractivity contribution in [1.82, 2.24) is 4.90 Å². The number of nitrogens with zero attached hydrogens (tertiary/aromatic N) is 2. The third kappa shape index (κ3) is 3.98. The van der Waals surface area contributed by atoms with Gasteiger partial charge in [0.05, 0.1) is 23.8 Å². The average molecular weight is 361 g/mol. The minimum absolute atomic E-state index is 0.0192. The molecule has 0 aliphatic carbocycles. The third-order valence-electron chi connectivity index (χ3n) is 3.71. The molecule has 25 heavy (non-hydrogen) atoms. The van der Waals surface area contributed by atoms with Crippen LogP contribution in [0.1, 0.15) is 12.8 Å². The number of nitro benzene ring substituents is 1. The van der Waals surface area contributed by atoms with Gasteiger partial charge in [-0.1, -0.05) is 0 Å².